The van der Waals surface area contributed by atoms with E-state index < -0.39 is 0 Å². The molecule has 1 rings (SSSR count). The number of hydrazone groups is 1. The van der Waals surface area contributed by atoms with Gasteiger partial charge in [-0.15, -0.1) is 0 Å². The molecule has 0 atom stereocenters. The first-order chi connectivity index (χ1) is 2.50. The van der Waals surface area contributed by atoms with Crippen LogP contribution in [0.3, 0.4) is 0 Å². The summed E-state index contributed by atoms with van der Waals surface area (Å²) >= 11 is 1.55. The summed E-state index contributed by atoms with van der Waals surface area (Å²) in [7, 11) is 0. The predicted molar refractivity (Wildman–Crippen MR) is 23.5 cm³/mol. The summed E-state index contributed by atoms with van der Waals surface area (Å²) in [6, 6.07) is 0. The van der Waals surface area contributed by atoms with Crippen LogP contribution in [0.5, 0.6) is 0 Å². The average Bonchev–Trinajstić information content (AvgIpc) is 1.76. The molecule has 0 fully saturated rings. The Morgan fingerprint density at radius 3 is 3.00 bits per heavy atom. The van der Waals surface area contributed by atoms with E-state index in [1.807, 2.05) is 0 Å². The lowest BCUT2D eigenvalue weighted by Gasteiger charge is -1.73. The fraction of sp³-hybridized carbons (Fsp3) is 0. The van der Waals surface area contributed by atoms with Crippen molar-refractivity contribution in [2.24, 2.45) is 5.10 Å². The molecule has 0 aromatic rings. The molecule has 0 aromatic carbocycles. The summed E-state index contributed by atoms with van der Waals surface area (Å²) in [5, 5.41) is 3.62. The maximum Gasteiger partial charge on any atom is 0.126 e. The highest BCUT2D eigenvalue weighted by molar-refractivity contribution is 8.14. The van der Waals surface area contributed by atoms with Crippen LogP contribution in [0.25, 0.3) is 0 Å². The second-order valence-electron chi connectivity index (χ2n) is 0.618. The summed E-state index contributed by atoms with van der Waals surface area (Å²) in [5.41, 5.74) is 4.37. The minimum Gasteiger partial charge on any atom is -0.293 e. The van der Waals surface area contributed by atoms with E-state index in [9.17, 15) is 0 Å². The van der Waals surface area contributed by atoms with E-state index in [1.54, 1.807) is 23.2 Å². The van der Waals surface area contributed by atoms with E-state index in [0.29, 0.717) is 0 Å². The second-order valence-corrected chi connectivity index (χ2v) is 1.34. The molecule has 0 aliphatic carbocycles. The SMILES string of the molecule is [CH]1NN=CS1. The summed E-state index contributed by atoms with van der Waals surface area (Å²) in [6.45, 7) is 0. The first-order valence-electron chi connectivity index (χ1n) is 1.24. The van der Waals surface area contributed by atoms with Gasteiger partial charge in [-0.05, 0) is 0 Å². The topological polar surface area (TPSA) is 24.4 Å². The molecule has 0 unspecified atom stereocenters. The van der Waals surface area contributed by atoms with Crippen LogP contribution in [0.4, 0.5) is 0 Å². The Kier molecular flexibility index (Phi) is 0.792. The van der Waals surface area contributed by atoms with Crippen molar-refractivity contribution in [3.8, 4) is 0 Å². The summed E-state index contributed by atoms with van der Waals surface area (Å²) in [4.78, 5) is 0. The van der Waals surface area contributed by atoms with Crippen molar-refractivity contribution in [3.05, 3.63) is 5.88 Å². The van der Waals surface area contributed by atoms with Crippen molar-refractivity contribution in [2.75, 3.05) is 0 Å². The third-order valence-electron chi connectivity index (χ3n) is 0.309. The second kappa shape index (κ2) is 1.31. The van der Waals surface area contributed by atoms with Crippen LogP contribution in [0.2, 0.25) is 0 Å². The van der Waals surface area contributed by atoms with E-state index in [-0.39, 0.29) is 0 Å². The van der Waals surface area contributed by atoms with Crippen molar-refractivity contribution >= 4 is 17.3 Å². The van der Waals surface area contributed by atoms with Gasteiger partial charge in [-0.3, -0.25) is 5.43 Å². The molecular formula is C2H3N2S. The summed E-state index contributed by atoms with van der Waals surface area (Å²) in [6.07, 6.45) is 0. The van der Waals surface area contributed by atoms with Crippen LogP contribution in [0.15, 0.2) is 5.10 Å². The lowest BCUT2D eigenvalue weighted by molar-refractivity contribution is 0.969. The highest BCUT2D eigenvalue weighted by Crippen LogP contribution is 2.00. The first kappa shape index (κ1) is 3.03. The number of hydrogen-bond acceptors (Lipinski definition) is 3. The van der Waals surface area contributed by atoms with Gasteiger partial charge in [-0.2, -0.15) is 5.10 Å². The fourth-order valence-corrected chi connectivity index (χ4v) is 0.456. The molecule has 1 aliphatic heterocycles. The molecule has 5 heavy (non-hydrogen) atoms. The van der Waals surface area contributed by atoms with Gasteiger partial charge < -0.3 is 0 Å². The largest absolute Gasteiger partial charge is 0.293 e. The highest BCUT2D eigenvalue weighted by atomic mass is 32.2. The van der Waals surface area contributed by atoms with Gasteiger partial charge in [0.05, 0.1) is 5.55 Å². The zero-order valence-corrected chi connectivity index (χ0v) is 3.33. The lowest BCUT2D eigenvalue weighted by atomic mass is 11.5. The number of nitrogens with one attached hydrogen (secondary N) is 1. The van der Waals surface area contributed by atoms with Crippen molar-refractivity contribution in [2.45, 2.75) is 0 Å². The Labute approximate surface area is 34.6 Å². The smallest absolute Gasteiger partial charge is 0.126 e. The van der Waals surface area contributed by atoms with E-state index in [0.717, 1.165) is 0 Å². The molecule has 0 saturated carbocycles. The maximum absolute atomic E-state index is 3.62. The summed E-state index contributed by atoms with van der Waals surface area (Å²) in [5.74, 6) is 1.81. The van der Waals surface area contributed by atoms with Crippen molar-refractivity contribution < 1.29 is 0 Å². The minimum absolute atomic E-state index is 1.55. The van der Waals surface area contributed by atoms with Gasteiger partial charge in [0.15, 0.2) is 0 Å². The van der Waals surface area contributed by atoms with Gasteiger partial charge in [0.2, 0.25) is 0 Å². The van der Waals surface area contributed by atoms with Gasteiger partial charge in [-0.1, -0.05) is 11.8 Å². The Bertz CT molecular complexity index is 45.6. The molecule has 0 aromatic heterocycles. The maximum atomic E-state index is 3.62. The van der Waals surface area contributed by atoms with Crippen LogP contribution in [0.1, 0.15) is 0 Å². The van der Waals surface area contributed by atoms with Crippen LogP contribution in [0, 0.1) is 5.88 Å². The molecule has 0 spiro atoms. The molecule has 27 valence electrons. The molecular weight excluding hydrogens is 84.1 g/mol. The third kappa shape index (κ3) is 0.545. The van der Waals surface area contributed by atoms with E-state index in [2.05, 4.69) is 10.5 Å². The van der Waals surface area contributed by atoms with Gasteiger partial charge in [0.1, 0.15) is 5.88 Å². The Balaban J connectivity index is 2.32. The Hall–Kier alpha value is -0.180. The number of thioether (sulfide) groups is 1. The van der Waals surface area contributed by atoms with Crippen molar-refractivity contribution in [1.29, 1.82) is 0 Å². The number of rotatable bonds is 0. The van der Waals surface area contributed by atoms with Gasteiger partial charge >= 0.3 is 0 Å². The quantitative estimate of drug-likeness (QED) is 0.462. The van der Waals surface area contributed by atoms with Crippen molar-refractivity contribution in [1.82, 2.24) is 5.43 Å². The molecule has 3 heteroatoms. The van der Waals surface area contributed by atoms with E-state index in [1.165, 1.54) is 0 Å². The molecule has 0 bridgehead atoms. The van der Waals surface area contributed by atoms with Gasteiger partial charge in [0, 0.05) is 0 Å². The standard InChI is InChI=1S/C2H3N2S/c1-3-4-2-5-1/h1-3H. The third-order valence-corrected chi connectivity index (χ3v) is 0.777. The molecule has 0 saturated heterocycles. The normalized spacial score (nSPS) is 19.2. The lowest BCUT2D eigenvalue weighted by Crippen LogP contribution is -1.86. The molecule has 1 aliphatic rings. The Morgan fingerprint density at radius 1 is 1.80 bits per heavy atom. The van der Waals surface area contributed by atoms with E-state index in [4.69, 9.17) is 0 Å². The van der Waals surface area contributed by atoms with Crippen molar-refractivity contribution in [3.63, 3.8) is 0 Å². The fourth-order valence-electron chi connectivity index (χ4n) is 0.152. The molecule has 0 amide bonds. The Morgan fingerprint density at radius 2 is 2.80 bits per heavy atom. The average molecular weight is 87.1 g/mol. The van der Waals surface area contributed by atoms with Crippen LogP contribution in [-0.2, 0) is 0 Å². The zero-order valence-electron chi connectivity index (χ0n) is 2.51. The zero-order chi connectivity index (χ0) is 3.54. The minimum atomic E-state index is 1.55. The number of hydrogen-bond donors (Lipinski definition) is 1. The highest BCUT2D eigenvalue weighted by Gasteiger charge is 1.84. The molecule has 2 nitrogen and oxygen atoms in total. The predicted octanol–water partition coefficient (Wildman–Crippen LogP) is 0.385. The first-order valence-corrected chi connectivity index (χ1v) is 2.18. The molecule has 1 N–H and O–H groups in total. The van der Waals surface area contributed by atoms with Gasteiger partial charge in [0.25, 0.3) is 0 Å². The van der Waals surface area contributed by atoms with Gasteiger partial charge in [-0.25, -0.2) is 0 Å². The van der Waals surface area contributed by atoms with Crippen LogP contribution < -0.4 is 5.43 Å². The van der Waals surface area contributed by atoms with E-state index >= 15 is 0 Å². The van der Waals surface area contributed by atoms with Crippen LogP contribution >= 0.6 is 11.8 Å². The molecule has 1 radical (unpaired) electrons. The number of nitrogens with zero attached hydrogens (tertiary/aromatic N) is 1. The molecule has 1 heterocycles. The van der Waals surface area contributed by atoms with Crippen LogP contribution in [-0.4, -0.2) is 5.55 Å². The monoisotopic (exact) mass is 87.0 g/mol. The summed E-state index contributed by atoms with van der Waals surface area (Å²) < 4.78 is 0.